The first-order chi connectivity index (χ1) is 8.16. The zero-order chi connectivity index (χ0) is 12.3. The molecule has 0 aliphatic carbocycles. The van der Waals surface area contributed by atoms with Gasteiger partial charge in [0, 0.05) is 5.69 Å². The van der Waals surface area contributed by atoms with Gasteiger partial charge >= 0.3 is 0 Å². The lowest BCUT2D eigenvalue weighted by Gasteiger charge is -2.14. The SMILES string of the molecule is CC(Nc1ccc(-n2cncn2)cc1)C(F)F. The molecule has 2 rings (SSSR count). The molecule has 1 unspecified atom stereocenters. The fourth-order valence-corrected chi connectivity index (χ4v) is 1.38. The van der Waals surface area contributed by atoms with Crippen LogP contribution in [0.15, 0.2) is 36.9 Å². The Kier molecular flexibility index (Phi) is 3.32. The van der Waals surface area contributed by atoms with E-state index < -0.39 is 12.5 Å². The Morgan fingerprint density at radius 2 is 1.94 bits per heavy atom. The van der Waals surface area contributed by atoms with Crippen LogP contribution in [-0.4, -0.2) is 27.2 Å². The van der Waals surface area contributed by atoms with E-state index >= 15 is 0 Å². The highest BCUT2D eigenvalue weighted by molar-refractivity contribution is 5.48. The Morgan fingerprint density at radius 1 is 1.24 bits per heavy atom. The molecule has 0 aliphatic heterocycles. The minimum atomic E-state index is -2.38. The van der Waals surface area contributed by atoms with E-state index in [0.717, 1.165) is 5.69 Å². The molecule has 0 spiro atoms. The van der Waals surface area contributed by atoms with Gasteiger partial charge in [0.25, 0.3) is 6.43 Å². The normalized spacial score (nSPS) is 12.7. The second-order valence-electron chi connectivity index (χ2n) is 3.65. The zero-order valence-electron chi connectivity index (χ0n) is 9.22. The molecule has 2 aromatic rings. The van der Waals surface area contributed by atoms with Gasteiger partial charge in [-0.3, -0.25) is 0 Å². The molecule has 4 nitrogen and oxygen atoms in total. The Hall–Kier alpha value is -1.98. The van der Waals surface area contributed by atoms with E-state index in [1.807, 2.05) is 0 Å². The van der Waals surface area contributed by atoms with E-state index in [9.17, 15) is 8.78 Å². The van der Waals surface area contributed by atoms with Crippen molar-refractivity contribution >= 4 is 5.69 Å². The number of halogens is 2. The summed E-state index contributed by atoms with van der Waals surface area (Å²) in [6, 6.07) is 6.17. The Labute approximate surface area is 97.3 Å². The third-order valence-corrected chi connectivity index (χ3v) is 2.32. The number of rotatable bonds is 4. The molecule has 0 saturated carbocycles. The van der Waals surface area contributed by atoms with E-state index in [2.05, 4.69) is 15.4 Å². The topological polar surface area (TPSA) is 42.7 Å². The second-order valence-corrected chi connectivity index (χ2v) is 3.65. The van der Waals surface area contributed by atoms with Crippen molar-refractivity contribution in [1.82, 2.24) is 14.8 Å². The van der Waals surface area contributed by atoms with Crippen LogP contribution in [-0.2, 0) is 0 Å². The van der Waals surface area contributed by atoms with Crippen LogP contribution >= 0.6 is 0 Å². The quantitative estimate of drug-likeness (QED) is 0.889. The van der Waals surface area contributed by atoms with Crippen LogP contribution in [0.2, 0.25) is 0 Å². The second kappa shape index (κ2) is 4.90. The largest absolute Gasteiger partial charge is 0.377 e. The van der Waals surface area contributed by atoms with E-state index in [0.29, 0.717) is 5.69 Å². The highest BCUT2D eigenvalue weighted by atomic mass is 19.3. The minimum Gasteiger partial charge on any atom is -0.377 e. The fraction of sp³-hybridized carbons (Fsp3) is 0.273. The van der Waals surface area contributed by atoms with Crippen molar-refractivity contribution in [1.29, 1.82) is 0 Å². The molecule has 1 N–H and O–H groups in total. The Bertz CT molecular complexity index is 453. The number of hydrogen-bond acceptors (Lipinski definition) is 3. The van der Waals surface area contributed by atoms with Crippen molar-refractivity contribution in [3.63, 3.8) is 0 Å². The molecule has 90 valence electrons. The predicted molar refractivity (Wildman–Crippen MR) is 60.4 cm³/mol. The fourth-order valence-electron chi connectivity index (χ4n) is 1.38. The molecule has 1 aromatic heterocycles. The van der Waals surface area contributed by atoms with Crippen molar-refractivity contribution in [2.24, 2.45) is 0 Å². The lowest BCUT2D eigenvalue weighted by molar-refractivity contribution is 0.131. The summed E-state index contributed by atoms with van der Waals surface area (Å²) in [7, 11) is 0. The average molecular weight is 238 g/mol. The molecule has 0 saturated heterocycles. The maximum atomic E-state index is 12.3. The average Bonchev–Trinajstić information content (AvgIpc) is 2.83. The van der Waals surface area contributed by atoms with Gasteiger partial charge in [-0.25, -0.2) is 18.4 Å². The molecule has 0 bridgehead atoms. The Balaban J connectivity index is 2.08. The summed E-state index contributed by atoms with van der Waals surface area (Å²) >= 11 is 0. The van der Waals surface area contributed by atoms with Gasteiger partial charge in [-0.05, 0) is 31.2 Å². The first-order valence-corrected chi connectivity index (χ1v) is 5.16. The van der Waals surface area contributed by atoms with Crippen LogP contribution in [0.25, 0.3) is 5.69 Å². The number of hydrogen-bond donors (Lipinski definition) is 1. The van der Waals surface area contributed by atoms with E-state index in [-0.39, 0.29) is 0 Å². The van der Waals surface area contributed by atoms with Gasteiger partial charge in [-0.15, -0.1) is 0 Å². The summed E-state index contributed by atoms with van der Waals surface area (Å²) in [5.41, 5.74) is 1.49. The van der Waals surface area contributed by atoms with Crippen molar-refractivity contribution in [3.8, 4) is 5.69 Å². The molecule has 0 fully saturated rings. The number of nitrogens with one attached hydrogen (secondary N) is 1. The monoisotopic (exact) mass is 238 g/mol. The van der Waals surface area contributed by atoms with Crippen LogP contribution in [0.3, 0.4) is 0 Å². The number of alkyl halides is 2. The lowest BCUT2D eigenvalue weighted by atomic mass is 10.2. The van der Waals surface area contributed by atoms with Crippen molar-refractivity contribution in [2.45, 2.75) is 19.4 Å². The van der Waals surface area contributed by atoms with Crippen molar-refractivity contribution in [2.75, 3.05) is 5.32 Å². The number of nitrogens with zero attached hydrogens (tertiary/aromatic N) is 3. The smallest absolute Gasteiger partial charge is 0.258 e. The third kappa shape index (κ3) is 2.77. The molecule has 0 radical (unpaired) electrons. The molecule has 1 atom stereocenters. The minimum absolute atomic E-state index is 0.654. The summed E-state index contributed by atoms with van der Waals surface area (Å²) < 4.78 is 26.3. The molecule has 0 amide bonds. The van der Waals surface area contributed by atoms with Gasteiger partial charge in [0.15, 0.2) is 0 Å². The van der Waals surface area contributed by atoms with E-state index in [1.165, 1.54) is 13.3 Å². The molecular formula is C11H12F2N4. The molecule has 0 aliphatic rings. The lowest BCUT2D eigenvalue weighted by Crippen LogP contribution is -2.23. The predicted octanol–water partition coefficient (Wildman–Crippen LogP) is 2.33. The summed E-state index contributed by atoms with van der Waals surface area (Å²) in [5, 5.41) is 6.69. The van der Waals surface area contributed by atoms with E-state index in [1.54, 1.807) is 35.3 Å². The van der Waals surface area contributed by atoms with Gasteiger partial charge in [0.2, 0.25) is 0 Å². The van der Waals surface area contributed by atoms with Gasteiger partial charge in [-0.2, -0.15) is 5.10 Å². The summed E-state index contributed by atoms with van der Waals surface area (Å²) in [4.78, 5) is 3.83. The maximum Gasteiger partial charge on any atom is 0.258 e. The number of benzene rings is 1. The van der Waals surface area contributed by atoms with Crippen molar-refractivity contribution in [3.05, 3.63) is 36.9 Å². The van der Waals surface area contributed by atoms with E-state index in [4.69, 9.17) is 0 Å². The highest BCUT2D eigenvalue weighted by Gasteiger charge is 2.13. The molecule has 1 aromatic carbocycles. The Morgan fingerprint density at radius 3 is 2.47 bits per heavy atom. The van der Waals surface area contributed by atoms with Gasteiger partial charge in [0.05, 0.1) is 11.7 Å². The summed E-state index contributed by atoms with van der Waals surface area (Å²) in [5.74, 6) is 0. The van der Waals surface area contributed by atoms with Gasteiger partial charge < -0.3 is 5.32 Å². The first kappa shape index (κ1) is 11.5. The zero-order valence-corrected chi connectivity index (χ0v) is 9.22. The molecule has 1 heterocycles. The van der Waals surface area contributed by atoms with Crippen molar-refractivity contribution < 1.29 is 8.78 Å². The van der Waals surface area contributed by atoms with Crippen LogP contribution in [0.1, 0.15) is 6.92 Å². The third-order valence-electron chi connectivity index (χ3n) is 2.32. The van der Waals surface area contributed by atoms with Crippen LogP contribution in [0, 0.1) is 0 Å². The van der Waals surface area contributed by atoms with Crippen LogP contribution in [0.4, 0.5) is 14.5 Å². The summed E-state index contributed by atoms with van der Waals surface area (Å²) in [6.45, 7) is 1.44. The van der Waals surface area contributed by atoms with Crippen LogP contribution < -0.4 is 5.32 Å². The van der Waals surface area contributed by atoms with Gasteiger partial charge in [-0.1, -0.05) is 0 Å². The standard InChI is InChI=1S/C11H12F2N4/c1-8(11(12)13)16-9-2-4-10(5-3-9)17-7-14-6-15-17/h2-8,11,16H,1H3. The molecule has 17 heavy (non-hydrogen) atoms. The molecule has 6 heteroatoms. The first-order valence-electron chi connectivity index (χ1n) is 5.16. The number of anilines is 1. The highest BCUT2D eigenvalue weighted by Crippen LogP contribution is 2.14. The molecular weight excluding hydrogens is 226 g/mol. The van der Waals surface area contributed by atoms with Crippen LogP contribution in [0.5, 0.6) is 0 Å². The van der Waals surface area contributed by atoms with Gasteiger partial charge in [0.1, 0.15) is 12.7 Å². The summed E-state index contributed by atoms with van der Waals surface area (Å²) in [6.07, 6.45) is 0.625. The number of aromatic nitrogens is 3. The maximum absolute atomic E-state index is 12.3.